The Hall–Kier alpha value is -1.86. The third kappa shape index (κ3) is 2.29. The lowest BCUT2D eigenvalue weighted by Gasteiger charge is -2.10. The van der Waals surface area contributed by atoms with Gasteiger partial charge in [-0.1, -0.05) is 19.1 Å². The van der Waals surface area contributed by atoms with Gasteiger partial charge in [-0.05, 0) is 24.6 Å². The van der Waals surface area contributed by atoms with Gasteiger partial charge in [0.2, 0.25) is 0 Å². The SMILES string of the molecule is Cc1nc(N)sc1C(C)c1ccc(C#N)cc1. The van der Waals surface area contributed by atoms with Crippen molar-refractivity contribution >= 4 is 16.5 Å². The van der Waals surface area contributed by atoms with E-state index >= 15 is 0 Å². The largest absolute Gasteiger partial charge is 0.375 e. The van der Waals surface area contributed by atoms with Crippen LogP contribution in [0.2, 0.25) is 0 Å². The second kappa shape index (κ2) is 4.56. The molecule has 1 unspecified atom stereocenters. The van der Waals surface area contributed by atoms with Gasteiger partial charge in [-0.25, -0.2) is 4.98 Å². The van der Waals surface area contributed by atoms with Gasteiger partial charge in [0, 0.05) is 10.8 Å². The fourth-order valence-electron chi connectivity index (χ4n) is 1.83. The Morgan fingerprint density at radius 3 is 2.47 bits per heavy atom. The summed E-state index contributed by atoms with van der Waals surface area (Å²) in [7, 11) is 0. The van der Waals surface area contributed by atoms with Crippen molar-refractivity contribution in [2.75, 3.05) is 5.73 Å². The second-order valence-electron chi connectivity index (χ2n) is 3.96. The smallest absolute Gasteiger partial charge is 0.180 e. The van der Waals surface area contributed by atoms with Crippen LogP contribution in [0, 0.1) is 18.3 Å². The number of nitriles is 1. The number of anilines is 1. The van der Waals surface area contributed by atoms with Gasteiger partial charge in [0.05, 0.1) is 17.3 Å². The Morgan fingerprint density at radius 1 is 1.35 bits per heavy atom. The number of aromatic nitrogens is 1. The first kappa shape index (κ1) is 11.6. The fraction of sp³-hybridized carbons (Fsp3) is 0.231. The van der Waals surface area contributed by atoms with Gasteiger partial charge in [-0.15, -0.1) is 11.3 Å². The standard InChI is InChI=1S/C13H13N3S/c1-8(12-9(2)16-13(15)17-12)11-5-3-10(7-14)4-6-11/h3-6,8H,1-2H3,(H2,15,16). The Kier molecular flexibility index (Phi) is 3.12. The molecule has 1 atom stereocenters. The second-order valence-corrected chi connectivity index (χ2v) is 5.02. The molecular formula is C13H13N3S. The van der Waals surface area contributed by atoms with Crippen molar-refractivity contribution in [1.82, 2.24) is 4.98 Å². The van der Waals surface area contributed by atoms with E-state index in [1.807, 2.05) is 31.2 Å². The van der Waals surface area contributed by atoms with Gasteiger partial charge >= 0.3 is 0 Å². The maximum absolute atomic E-state index is 8.76. The van der Waals surface area contributed by atoms with E-state index in [1.165, 1.54) is 21.8 Å². The van der Waals surface area contributed by atoms with Crippen molar-refractivity contribution in [3.05, 3.63) is 46.0 Å². The monoisotopic (exact) mass is 243 g/mol. The Labute approximate surface area is 105 Å². The van der Waals surface area contributed by atoms with Crippen LogP contribution in [-0.4, -0.2) is 4.98 Å². The molecule has 0 fully saturated rings. The van der Waals surface area contributed by atoms with E-state index in [-0.39, 0.29) is 5.92 Å². The molecule has 0 radical (unpaired) electrons. The van der Waals surface area contributed by atoms with Gasteiger partial charge in [0.25, 0.3) is 0 Å². The number of thiazole rings is 1. The molecular weight excluding hydrogens is 230 g/mol. The maximum atomic E-state index is 8.76. The van der Waals surface area contributed by atoms with Crippen molar-refractivity contribution < 1.29 is 0 Å². The van der Waals surface area contributed by atoms with E-state index in [1.54, 1.807) is 0 Å². The van der Waals surface area contributed by atoms with Crippen LogP contribution in [0.1, 0.15) is 34.5 Å². The minimum Gasteiger partial charge on any atom is -0.375 e. The summed E-state index contributed by atoms with van der Waals surface area (Å²) in [5.74, 6) is 0.262. The van der Waals surface area contributed by atoms with Crippen LogP contribution in [0.3, 0.4) is 0 Å². The molecule has 1 aromatic heterocycles. The highest BCUT2D eigenvalue weighted by atomic mass is 32.1. The first-order valence-corrected chi connectivity index (χ1v) is 6.16. The summed E-state index contributed by atoms with van der Waals surface area (Å²) in [6.45, 7) is 4.10. The highest BCUT2D eigenvalue weighted by Gasteiger charge is 2.15. The molecule has 1 aromatic carbocycles. The summed E-state index contributed by atoms with van der Waals surface area (Å²) in [5, 5.41) is 9.37. The van der Waals surface area contributed by atoms with Crippen molar-refractivity contribution in [3.8, 4) is 6.07 Å². The number of hydrogen-bond acceptors (Lipinski definition) is 4. The zero-order valence-corrected chi connectivity index (χ0v) is 10.6. The lowest BCUT2D eigenvalue weighted by atomic mass is 9.98. The Morgan fingerprint density at radius 2 is 2.00 bits per heavy atom. The molecule has 0 bridgehead atoms. The summed E-state index contributed by atoms with van der Waals surface area (Å²) in [5.41, 5.74) is 8.55. The average molecular weight is 243 g/mol. The van der Waals surface area contributed by atoms with E-state index < -0.39 is 0 Å². The molecule has 0 aliphatic rings. The normalized spacial score (nSPS) is 12.1. The number of rotatable bonds is 2. The number of nitrogens with two attached hydrogens (primary N) is 1. The molecule has 2 aromatic rings. The first-order valence-electron chi connectivity index (χ1n) is 5.34. The van der Waals surface area contributed by atoms with E-state index in [2.05, 4.69) is 18.0 Å². The highest BCUT2D eigenvalue weighted by molar-refractivity contribution is 7.15. The van der Waals surface area contributed by atoms with Gasteiger partial charge in [-0.2, -0.15) is 5.26 Å². The highest BCUT2D eigenvalue weighted by Crippen LogP contribution is 2.32. The molecule has 0 saturated heterocycles. The third-order valence-electron chi connectivity index (χ3n) is 2.78. The quantitative estimate of drug-likeness (QED) is 0.881. The predicted octanol–water partition coefficient (Wildman–Crippen LogP) is 3.06. The minimum atomic E-state index is 0.262. The zero-order chi connectivity index (χ0) is 12.4. The molecule has 2 rings (SSSR count). The van der Waals surface area contributed by atoms with Crippen LogP contribution >= 0.6 is 11.3 Å². The number of nitrogens with zero attached hydrogens (tertiary/aromatic N) is 2. The summed E-state index contributed by atoms with van der Waals surface area (Å²) in [4.78, 5) is 5.42. The number of aryl methyl sites for hydroxylation is 1. The topological polar surface area (TPSA) is 62.7 Å². The van der Waals surface area contributed by atoms with E-state index in [9.17, 15) is 0 Å². The van der Waals surface area contributed by atoms with Crippen molar-refractivity contribution in [1.29, 1.82) is 5.26 Å². The average Bonchev–Trinajstić information content (AvgIpc) is 2.68. The third-order valence-corrected chi connectivity index (χ3v) is 3.95. The Balaban J connectivity index is 2.34. The van der Waals surface area contributed by atoms with Gasteiger partial charge < -0.3 is 5.73 Å². The summed E-state index contributed by atoms with van der Waals surface area (Å²) < 4.78 is 0. The predicted molar refractivity (Wildman–Crippen MR) is 69.9 cm³/mol. The van der Waals surface area contributed by atoms with Gasteiger partial charge in [0.1, 0.15) is 0 Å². The van der Waals surface area contributed by atoms with Gasteiger partial charge in [0.15, 0.2) is 5.13 Å². The lowest BCUT2D eigenvalue weighted by molar-refractivity contribution is 0.927. The Bertz CT molecular complexity index is 563. The minimum absolute atomic E-state index is 0.262. The molecule has 17 heavy (non-hydrogen) atoms. The number of hydrogen-bond donors (Lipinski definition) is 1. The molecule has 1 heterocycles. The molecule has 86 valence electrons. The lowest BCUT2D eigenvalue weighted by Crippen LogP contribution is -1.95. The molecule has 0 spiro atoms. The molecule has 0 amide bonds. The molecule has 0 aliphatic carbocycles. The molecule has 0 saturated carbocycles. The van der Waals surface area contributed by atoms with Crippen LogP contribution < -0.4 is 5.73 Å². The van der Waals surface area contributed by atoms with Crippen molar-refractivity contribution in [3.63, 3.8) is 0 Å². The first-order chi connectivity index (χ1) is 8.11. The molecule has 3 nitrogen and oxygen atoms in total. The summed E-state index contributed by atoms with van der Waals surface area (Å²) >= 11 is 1.53. The zero-order valence-electron chi connectivity index (χ0n) is 9.77. The van der Waals surface area contributed by atoms with Crippen LogP contribution in [0.15, 0.2) is 24.3 Å². The summed E-state index contributed by atoms with van der Waals surface area (Å²) in [6, 6.07) is 9.77. The van der Waals surface area contributed by atoms with Gasteiger partial charge in [-0.3, -0.25) is 0 Å². The van der Waals surface area contributed by atoms with Crippen molar-refractivity contribution in [2.45, 2.75) is 19.8 Å². The van der Waals surface area contributed by atoms with E-state index in [0.717, 1.165) is 5.69 Å². The van der Waals surface area contributed by atoms with Crippen molar-refractivity contribution in [2.24, 2.45) is 0 Å². The molecule has 4 heteroatoms. The van der Waals surface area contributed by atoms with Crippen LogP contribution in [0.4, 0.5) is 5.13 Å². The maximum Gasteiger partial charge on any atom is 0.180 e. The van der Waals surface area contributed by atoms with Crippen LogP contribution in [0.25, 0.3) is 0 Å². The van der Waals surface area contributed by atoms with E-state index in [0.29, 0.717) is 10.7 Å². The number of benzene rings is 1. The fourth-order valence-corrected chi connectivity index (χ4v) is 2.74. The van der Waals surface area contributed by atoms with Crippen LogP contribution in [0.5, 0.6) is 0 Å². The molecule has 2 N–H and O–H groups in total. The van der Waals surface area contributed by atoms with Crippen LogP contribution in [-0.2, 0) is 0 Å². The number of nitrogen functional groups attached to an aromatic ring is 1. The molecule has 0 aliphatic heterocycles. The van der Waals surface area contributed by atoms with E-state index in [4.69, 9.17) is 11.0 Å². The summed E-state index contributed by atoms with van der Waals surface area (Å²) in [6.07, 6.45) is 0.